The van der Waals surface area contributed by atoms with Crippen LogP contribution in [0.5, 0.6) is 5.75 Å². The van der Waals surface area contributed by atoms with E-state index in [9.17, 15) is 5.26 Å². The van der Waals surface area contributed by atoms with Crippen LogP contribution in [-0.2, 0) is 5.41 Å². The molecule has 0 N–H and O–H groups in total. The van der Waals surface area contributed by atoms with Crippen molar-refractivity contribution in [1.82, 2.24) is 0 Å². The van der Waals surface area contributed by atoms with E-state index in [1.807, 2.05) is 24.3 Å². The number of methoxy groups -OCH3 is 1. The van der Waals surface area contributed by atoms with Crippen LogP contribution >= 0.6 is 0 Å². The lowest BCUT2D eigenvalue weighted by Crippen LogP contribution is -2.23. The van der Waals surface area contributed by atoms with E-state index in [0.29, 0.717) is 0 Å². The second kappa shape index (κ2) is 5.23. The van der Waals surface area contributed by atoms with Gasteiger partial charge in [-0.1, -0.05) is 43.9 Å². The van der Waals surface area contributed by atoms with Crippen LogP contribution in [-0.4, -0.2) is 7.11 Å². The van der Waals surface area contributed by atoms with Crippen LogP contribution in [0.3, 0.4) is 0 Å². The van der Waals surface area contributed by atoms with Gasteiger partial charge in [0.15, 0.2) is 0 Å². The third-order valence-corrected chi connectivity index (χ3v) is 3.79. The van der Waals surface area contributed by atoms with Crippen molar-refractivity contribution in [3.05, 3.63) is 29.8 Å². The molecule has 0 amide bonds. The minimum Gasteiger partial charge on any atom is -0.496 e. The number of rotatable bonds is 2. The Morgan fingerprint density at radius 1 is 1.12 bits per heavy atom. The van der Waals surface area contributed by atoms with Crippen molar-refractivity contribution < 1.29 is 4.74 Å². The average molecular weight is 229 g/mol. The van der Waals surface area contributed by atoms with Gasteiger partial charge in [0.2, 0.25) is 0 Å². The van der Waals surface area contributed by atoms with Crippen LogP contribution in [0.1, 0.15) is 44.1 Å². The molecule has 2 heteroatoms. The van der Waals surface area contributed by atoms with Gasteiger partial charge in [0.25, 0.3) is 0 Å². The molecule has 0 unspecified atom stereocenters. The molecule has 0 saturated heterocycles. The van der Waals surface area contributed by atoms with Crippen LogP contribution in [0, 0.1) is 11.3 Å². The van der Waals surface area contributed by atoms with Gasteiger partial charge < -0.3 is 4.74 Å². The maximum absolute atomic E-state index is 9.63. The quantitative estimate of drug-likeness (QED) is 0.722. The molecule has 2 rings (SSSR count). The molecule has 1 aromatic carbocycles. The Morgan fingerprint density at radius 3 is 2.35 bits per heavy atom. The van der Waals surface area contributed by atoms with Crippen molar-refractivity contribution in [2.45, 2.75) is 43.9 Å². The molecule has 2 nitrogen and oxygen atoms in total. The lowest BCUT2D eigenvalue weighted by Gasteiger charge is -2.27. The molecule has 1 fully saturated rings. The highest BCUT2D eigenvalue weighted by Gasteiger charge is 2.35. The number of ether oxygens (including phenoxy) is 1. The van der Waals surface area contributed by atoms with Crippen molar-refractivity contribution in [1.29, 1.82) is 5.26 Å². The van der Waals surface area contributed by atoms with Crippen LogP contribution < -0.4 is 4.74 Å². The van der Waals surface area contributed by atoms with Crippen molar-refractivity contribution in [3.8, 4) is 11.8 Å². The van der Waals surface area contributed by atoms with Gasteiger partial charge in [-0.15, -0.1) is 0 Å². The molecule has 1 saturated carbocycles. The van der Waals surface area contributed by atoms with Gasteiger partial charge in [0.1, 0.15) is 5.75 Å². The Morgan fingerprint density at radius 2 is 1.76 bits per heavy atom. The number of benzene rings is 1. The van der Waals surface area contributed by atoms with Crippen molar-refractivity contribution in [3.63, 3.8) is 0 Å². The number of para-hydroxylation sites is 1. The zero-order valence-corrected chi connectivity index (χ0v) is 10.4. The van der Waals surface area contributed by atoms with Crippen molar-refractivity contribution in [2.75, 3.05) is 7.11 Å². The van der Waals surface area contributed by atoms with Gasteiger partial charge >= 0.3 is 0 Å². The molecule has 90 valence electrons. The first-order valence-electron chi connectivity index (χ1n) is 6.37. The Balaban J connectivity index is 2.43. The predicted octanol–water partition coefficient (Wildman–Crippen LogP) is 3.81. The first-order valence-corrected chi connectivity index (χ1v) is 6.37. The SMILES string of the molecule is COc1ccccc1C1(C#N)CCCCCC1. The van der Waals surface area contributed by atoms with E-state index < -0.39 is 0 Å². The highest BCUT2D eigenvalue weighted by molar-refractivity contribution is 5.43. The van der Waals surface area contributed by atoms with E-state index in [1.165, 1.54) is 12.8 Å². The van der Waals surface area contributed by atoms with Crippen molar-refractivity contribution >= 4 is 0 Å². The standard InChI is InChI=1S/C15H19NO/c1-17-14-9-5-4-8-13(14)15(12-16)10-6-2-3-7-11-15/h4-5,8-9H,2-3,6-7,10-11H2,1H3. The second-order valence-corrected chi connectivity index (χ2v) is 4.81. The third kappa shape index (κ3) is 2.29. The molecule has 0 bridgehead atoms. The molecule has 0 aliphatic heterocycles. The highest BCUT2D eigenvalue weighted by atomic mass is 16.5. The lowest BCUT2D eigenvalue weighted by atomic mass is 9.75. The minimum atomic E-state index is -0.330. The Kier molecular flexibility index (Phi) is 3.68. The molecular weight excluding hydrogens is 210 g/mol. The van der Waals surface area contributed by atoms with E-state index >= 15 is 0 Å². The topological polar surface area (TPSA) is 33.0 Å². The minimum absolute atomic E-state index is 0.330. The molecule has 0 heterocycles. The largest absolute Gasteiger partial charge is 0.496 e. The van der Waals surface area contributed by atoms with E-state index in [-0.39, 0.29) is 5.41 Å². The first kappa shape index (κ1) is 12.0. The fourth-order valence-electron chi connectivity index (χ4n) is 2.81. The van der Waals surface area contributed by atoms with Gasteiger partial charge in [0.05, 0.1) is 18.6 Å². The summed E-state index contributed by atoms with van der Waals surface area (Å²) >= 11 is 0. The smallest absolute Gasteiger partial charge is 0.123 e. The molecule has 0 atom stereocenters. The van der Waals surface area contributed by atoms with E-state index in [1.54, 1.807) is 7.11 Å². The predicted molar refractivity (Wildman–Crippen MR) is 68.0 cm³/mol. The summed E-state index contributed by atoms with van der Waals surface area (Å²) in [5.74, 6) is 0.857. The van der Waals surface area contributed by atoms with Crippen LogP contribution in [0.15, 0.2) is 24.3 Å². The summed E-state index contributed by atoms with van der Waals surface area (Å²) in [5.41, 5.74) is 0.746. The van der Waals surface area contributed by atoms with Crippen molar-refractivity contribution in [2.24, 2.45) is 0 Å². The zero-order chi connectivity index (χ0) is 12.1. The van der Waals surface area contributed by atoms with Gasteiger partial charge in [-0.25, -0.2) is 0 Å². The normalized spacial score (nSPS) is 19.1. The summed E-state index contributed by atoms with van der Waals surface area (Å²) in [6, 6.07) is 10.5. The van der Waals surface area contributed by atoms with E-state index in [4.69, 9.17) is 4.74 Å². The molecule has 0 spiro atoms. The highest BCUT2D eigenvalue weighted by Crippen LogP contribution is 2.41. The van der Waals surface area contributed by atoms with Gasteiger partial charge in [0, 0.05) is 5.56 Å². The maximum atomic E-state index is 9.63. The van der Waals surface area contributed by atoms with Gasteiger partial charge in [-0.3, -0.25) is 0 Å². The average Bonchev–Trinajstić information content (AvgIpc) is 2.65. The molecule has 17 heavy (non-hydrogen) atoms. The first-order chi connectivity index (χ1) is 8.32. The van der Waals surface area contributed by atoms with Crippen LogP contribution in [0.2, 0.25) is 0 Å². The summed E-state index contributed by atoms with van der Waals surface area (Å²) in [6.07, 6.45) is 6.71. The maximum Gasteiger partial charge on any atom is 0.123 e. The Hall–Kier alpha value is -1.49. The van der Waals surface area contributed by atoms with Crippen LogP contribution in [0.4, 0.5) is 0 Å². The monoisotopic (exact) mass is 229 g/mol. The molecule has 1 aliphatic rings. The molecule has 0 aromatic heterocycles. The lowest BCUT2D eigenvalue weighted by molar-refractivity contribution is 0.386. The summed E-state index contributed by atoms with van der Waals surface area (Å²) in [7, 11) is 1.68. The Labute approximate surface area is 103 Å². The van der Waals surface area contributed by atoms with E-state index in [0.717, 1.165) is 37.0 Å². The number of nitriles is 1. The third-order valence-electron chi connectivity index (χ3n) is 3.79. The molecule has 1 aliphatic carbocycles. The van der Waals surface area contributed by atoms with Crippen LogP contribution in [0.25, 0.3) is 0 Å². The number of hydrogen-bond acceptors (Lipinski definition) is 2. The number of hydrogen-bond donors (Lipinski definition) is 0. The fraction of sp³-hybridized carbons (Fsp3) is 0.533. The summed E-state index contributed by atoms with van der Waals surface area (Å²) in [4.78, 5) is 0. The van der Waals surface area contributed by atoms with Gasteiger partial charge in [-0.2, -0.15) is 5.26 Å². The fourth-order valence-corrected chi connectivity index (χ4v) is 2.81. The molecular formula is C15H19NO. The Bertz CT molecular complexity index is 411. The summed E-state index contributed by atoms with van der Waals surface area (Å²) < 4.78 is 5.42. The summed E-state index contributed by atoms with van der Waals surface area (Å²) in [5, 5.41) is 9.63. The number of nitrogens with zero attached hydrogens (tertiary/aromatic N) is 1. The van der Waals surface area contributed by atoms with E-state index in [2.05, 4.69) is 6.07 Å². The zero-order valence-electron chi connectivity index (χ0n) is 10.4. The molecule has 1 aromatic rings. The van der Waals surface area contributed by atoms with Gasteiger partial charge in [-0.05, 0) is 18.9 Å². The summed E-state index contributed by atoms with van der Waals surface area (Å²) in [6.45, 7) is 0. The molecule has 0 radical (unpaired) electrons. The second-order valence-electron chi connectivity index (χ2n) is 4.81.